The molecule has 1 aliphatic heterocycles. The van der Waals surface area contributed by atoms with Gasteiger partial charge in [0.1, 0.15) is 0 Å². The number of rotatable bonds is 3. The summed E-state index contributed by atoms with van der Waals surface area (Å²) in [4.78, 5) is 25.4. The van der Waals surface area contributed by atoms with Crippen molar-refractivity contribution in [3.05, 3.63) is 47.3 Å². The molecule has 1 aromatic carbocycles. The van der Waals surface area contributed by atoms with Gasteiger partial charge in [0.25, 0.3) is 5.91 Å². The Hall–Kier alpha value is -2.63. The molecule has 1 aromatic heterocycles. The van der Waals surface area contributed by atoms with E-state index in [0.29, 0.717) is 13.0 Å². The highest BCUT2D eigenvalue weighted by Gasteiger charge is 2.35. The Morgan fingerprint density at radius 2 is 2.05 bits per heavy atom. The molecule has 0 saturated heterocycles. The van der Waals surface area contributed by atoms with Crippen LogP contribution < -0.4 is 0 Å². The number of ketones is 1. The topological polar surface area (TPSA) is 75.4 Å². The van der Waals surface area contributed by atoms with Crippen LogP contribution in [0.25, 0.3) is 0 Å². The lowest BCUT2D eigenvalue weighted by Gasteiger charge is -2.31. The first-order valence-corrected chi connectivity index (χ1v) is 7.11. The normalized spacial score (nSPS) is 17.5. The Morgan fingerprint density at radius 3 is 2.68 bits per heavy atom. The fourth-order valence-corrected chi connectivity index (χ4v) is 2.82. The SMILES string of the molecule is CC(=O)c1nn2c(c1O)C(=O)N(C)CC2Cc1ccccc1. The van der Waals surface area contributed by atoms with Crippen LogP contribution in [0.5, 0.6) is 5.75 Å². The van der Waals surface area contributed by atoms with E-state index in [2.05, 4.69) is 5.10 Å². The van der Waals surface area contributed by atoms with Crippen LogP contribution in [0.15, 0.2) is 30.3 Å². The highest BCUT2D eigenvalue weighted by atomic mass is 16.3. The van der Waals surface area contributed by atoms with E-state index in [9.17, 15) is 14.7 Å². The molecule has 1 aliphatic rings. The molecule has 1 atom stereocenters. The van der Waals surface area contributed by atoms with Gasteiger partial charge in [-0.25, -0.2) is 0 Å². The molecule has 0 spiro atoms. The molecule has 1 unspecified atom stereocenters. The first kappa shape index (κ1) is 14.3. The Bertz CT molecular complexity index is 737. The highest BCUT2D eigenvalue weighted by Crippen LogP contribution is 2.31. The summed E-state index contributed by atoms with van der Waals surface area (Å²) in [5.41, 5.74) is 1.16. The maximum atomic E-state index is 12.3. The zero-order chi connectivity index (χ0) is 15.9. The van der Waals surface area contributed by atoms with Crippen LogP contribution in [0.3, 0.4) is 0 Å². The molecule has 1 amide bonds. The van der Waals surface area contributed by atoms with Gasteiger partial charge >= 0.3 is 0 Å². The summed E-state index contributed by atoms with van der Waals surface area (Å²) in [5, 5.41) is 14.3. The van der Waals surface area contributed by atoms with Crippen LogP contribution in [0.1, 0.15) is 39.5 Å². The van der Waals surface area contributed by atoms with E-state index in [1.54, 1.807) is 11.9 Å². The molecule has 1 N–H and O–H groups in total. The van der Waals surface area contributed by atoms with E-state index in [-0.39, 0.29) is 34.9 Å². The molecule has 22 heavy (non-hydrogen) atoms. The Kier molecular flexibility index (Phi) is 3.44. The van der Waals surface area contributed by atoms with Crippen LogP contribution in [0, 0.1) is 0 Å². The van der Waals surface area contributed by atoms with Gasteiger partial charge in [-0.1, -0.05) is 30.3 Å². The van der Waals surface area contributed by atoms with Gasteiger partial charge in [0, 0.05) is 20.5 Å². The van der Waals surface area contributed by atoms with Crippen molar-refractivity contribution < 1.29 is 14.7 Å². The van der Waals surface area contributed by atoms with Crippen LogP contribution in [-0.4, -0.2) is 45.1 Å². The Balaban J connectivity index is 2.04. The summed E-state index contributed by atoms with van der Waals surface area (Å²) in [5.74, 6) is -0.989. The van der Waals surface area contributed by atoms with Crippen molar-refractivity contribution in [3.8, 4) is 5.75 Å². The molecule has 6 nitrogen and oxygen atoms in total. The minimum atomic E-state index is -0.353. The standard InChI is InChI=1S/C16H17N3O3/c1-10(20)13-15(21)14-16(22)18(2)9-12(19(14)17-13)8-11-6-4-3-5-7-11/h3-7,12,21H,8-9H2,1-2H3. The summed E-state index contributed by atoms with van der Waals surface area (Å²) in [7, 11) is 1.68. The number of fused-ring (bicyclic) bond motifs is 1. The summed E-state index contributed by atoms with van der Waals surface area (Å²) in [6.07, 6.45) is 0.671. The molecule has 0 aliphatic carbocycles. The number of hydrogen-bond acceptors (Lipinski definition) is 4. The van der Waals surface area contributed by atoms with Gasteiger partial charge in [0.2, 0.25) is 0 Å². The number of nitrogens with zero attached hydrogens (tertiary/aromatic N) is 3. The largest absolute Gasteiger partial charge is 0.504 e. The van der Waals surface area contributed by atoms with E-state index in [1.165, 1.54) is 11.6 Å². The van der Waals surface area contributed by atoms with Gasteiger partial charge < -0.3 is 10.0 Å². The number of carbonyl (C=O) groups is 2. The van der Waals surface area contributed by atoms with Crippen molar-refractivity contribution in [2.24, 2.45) is 0 Å². The summed E-state index contributed by atoms with van der Waals surface area (Å²) in [6.45, 7) is 1.81. The van der Waals surface area contributed by atoms with E-state index in [4.69, 9.17) is 0 Å². The van der Waals surface area contributed by atoms with Crippen molar-refractivity contribution in [1.82, 2.24) is 14.7 Å². The summed E-state index contributed by atoms with van der Waals surface area (Å²) < 4.78 is 1.50. The lowest BCUT2D eigenvalue weighted by molar-refractivity contribution is 0.0702. The molecular formula is C16H17N3O3. The molecule has 6 heteroatoms. The number of aromatic hydroxyl groups is 1. The van der Waals surface area contributed by atoms with Crippen molar-refractivity contribution >= 4 is 11.7 Å². The van der Waals surface area contributed by atoms with Crippen molar-refractivity contribution in [3.63, 3.8) is 0 Å². The van der Waals surface area contributed by atoms with Gasteiger partial charge in [-0.3, -0.25) is 14.3 Å². The van der Waals surface area contributed by atoms with Gasteiger partial charge in [0.05, 0.1) is 6.04 Å². The zero-order valence-electron chi connectivity index (χ0n) is 12.5. The quantitative estimate of drug-likeness (QED) is 0.875. The second-order valence-electron chi connectivity index (χ2n) is 5.58. The molecule has 2 aromatic rings. The smallest absolute Gasteiger partial charge is 0.275 e. The third-order valence-electron chi connectivity index (χ3n) is 3.91. The first-order valence-electron chi connectivity index (χ1n) is 7.11. The molecule has 0 bridgehead atoms. The zero-order valence-corrected chi connectivity index (χ0v) is 12.5. The summed E-state index contributed by atoms with van der Waals surface area (Å²) >= 11 is 0. The van der Waals surface area contributed by atoms with Crippen LogP contribution in [-0.2, 0) is 6.42 Å². The number of aromatic nitrogens is 2. The second-order valence-corrected chi connectivity index (χ2v) is 5.58. The Labute approximate surface area is 128 Å². The number of likely N-dealkylation sites (N-methyl/N-ethyl adjacent to an activating group) is 1. The van der Waals surface area contributed by atoms with Gasteiger partial charge in [0.15, 0.2) is 22.9 Å². The third-order valence-corrected chi connectivity index (χ3v) is 3.91. The van der Waals surface area contributed by atoms with Gasteiger partial charge in [-0.05, 0) is 12.0 Å². The van der Waals surface area contributed by atoms with Crippen molar-refractivity contribution in [1.29, 1.82) is 0 Å². The maximum Gasteiger partial charge on any atom is 0.275 e. The van der Waals surface area contributed by atoms with Crippen LogP contribution in [0.2, 0.25) is 0 Å². The number of benzene rings is 1. The summed E-state index contributed by atoms with van der Waals surface area (Å²) in [6, 6.07) is 9.75. The van der Waals surface area contributed by atoms with Gasteiger partial charge in [-0.15, -0.1) is 0 Å². The highest BCUT2D eigenvalue weighted by molar-refractivity contribution is 6.02. The predicted octanol–water partition coefficient (Wildman–Crippen LogP) is 1.66. The first-order chi connectivity index (χ1) is 10.5. The van der Waals surface area contributed by atoms with E-state index in [1.807, 2.05) is 30.3 Å². The molecule has 0 fully saturated rings. The fourth-order valence-electron chi connectivity index (χ4n) is 2.82. The van der Waals surface area contributed by atoms with Crippen molar-refractivity contribution in [2.45, 2.75) is 19.4 Å². The third kappa shape index (κ3) is 2.26. The fraction of sp³-hybridized carbons (Fsp3) is 0.312. The minimum Gasteiger partial charge on any atom is -0.504 e. The van der Waals surface area contributed by atoms with Crippen LogP contribution in [0.4, 0.5) is 0 Å². The molecule has 2 heterocycles. The molecule has 114 valence electrons. The van der Waals surface area contributed by atoms with E-state index >= 15 is 0 Å². The average Bonchev–Trinajstić information content (AvgIpc) is 2.84. The number of carbonyl (C=O) groups excluding carboxylic acids is 2. The van der Waals surface area contributed by atoms with E-state index < -0.39 is 0 Å². The monoisotopic (exact) mass is 299 g/mol. The number of Topliss-reactive ketones (excluding diaryl/α,β-unsaturated/α-hetero) is 1. The number of amides is 1. The van der Waals surface area contributed by atoms with Crippen LogP contribution >= 0.6 is 0 Å². The predicted molar refractivity (Wildman–Crippen MR) is 80.0 cm³/mol. The minimum absolute atomic E-state index is 0.0447. The second kappa shape index (κ2) is 5.29. The average molecular weight is 299 g/mol. The Morgan fingerprint density at radius 1 is 1.36 bits per heavy atom. The molecule has 0 saturated carbocycles. The maximum absolute atomic E-state index is 12.3. The molecule has 3 rings (SSSR count). The van der Waals surface area contributed by atoms with Gasteiger partial charge in [-0.2, -0.15) is 5.10 Å². The van der Waals surface area contributed by atoms with Crippen molar-refractivity contribution in [2.75, 3.05) is 13.6 Å². The lowest BCUT2D eigenvalue weighted by Crippen LogP contribution is -2.41. The van der Waals surface area contributed by atoms with E-state index in [0.717, 1.165) is 5.56 Å². The lowest BCUT2D eigenvalue weighted by atomic mass is 10.0. The molecule has 0 radical (unpaired) electrons. The number of hydrogen-bond donors (Lipinski definition) is 1. The molecular weight excluding hydrogens is 282 g/mol.